The minimum Gasteiger partial charge on any atom is -0.496 e. The van der Waals surface area contributed by atoms with Crippen LogP contribution in [0.1, 0.15) is 23.2 Å². The summed E-state index contributed by atoms with van der Waals surface area (Å²) < 4.78 is 5.35. The van der Waals surface area contributed by atoms with E-state index in [0.29, 0.717) is 12.1 Å². The van der Waals surface area contributed by atoms with Crippen LogP contribution in [-0.4, -0.2) is 54.4 Å². The summed E-state index contributed by atoms with van der Waals surface area (Å²) in [6.07, 6.45) is 0.712. The topological polar surface area (TPSA) is 72.6 Å². The van der Waals surface area contributed by atoms with Crippen molar-refractivity contribution in [3.63, 3.8) is 0 Å². The van der Waals surface area contributed by atoms with E-state index in [9.17, 15) is 5.11 Å². The van der Waals surface area contributed by atoms with Crippen molar-refractivity contribution >= 4 is 5.82 Å². The normalized spacial score (nSPS) is 17.6. The number of pyridine rings is 1. The SMILES string of the molecule is COc1ccc(CN2CCN(c3cccc(C#N)n3)CC2CCO)cc1C. The van der Waals surface area contributed by atoms with Crippen molar-refractivity contribution < 1.29 is 9.84 Å². The summed E-state index contributed by atoms with van der Waals surface area (Å²) in [4.78, 5) is 9.04. The van der Waals surface area contributed by atoms with Crippen molar-refractivity contribution in [2.45, 2.75) is 25.9 Å². The Morgan fingerprint density at radius 3 is 2.85 bits per heavy atom. The Bertz CT molecular complexity index is 818. The quantitative estimate of drug-likeness (QED) is 0.846. The molecule has 0 spiro atoms. The molecule has 1 N–H and O–H groups in total. The third-order valence-corrected chi connectivity index (χ3v) is 5.08. The molecule has 1 fully saturated rings. The molecule has 6 nitrogen and oxygen atoms in total. The molecule has 1 aromatic heterocycles. The Balaban J connectivity index is 1.72. The summed E-state index contributed by atoms with van der Waals surface area (Å²) in [5.41, 5.74) is 2.81. The van der Waals surface area contributed by atoms with Crippen LogP contribution in [0.3, 0.4) is 0 Å². The molecular weight excluding hydrogens is 340 g/mol. The average molecular weight is 366 g/mol. The van der Waals surface area contributed by atoms with Gasteiger partial charge in [0.15, 0.2) is 0 Å². The number of hydrogen-bond acceptors (Lipinski definition) is 6. The fraction of sp³-hybridized carbons (Fsp3) is 0.429. The maximum atomic E-state index is 9.53. The van der Waals surface area contributed by atoms with E-state index >= 15 is 0 Å². The number of benzene rings is 1. The molecule has 0 bridgehead atoms. The summed E-state index contributed by atoms with van der Waals surface area (Å²) >= 11 is 0. The second-order valence-corrected chi connectivity index (χ2v) is 6.88. The molecule has 2 aromatic rings. The van der Waals surface area contributed by atoms with E-state index in [0.717, 1.165) is 43.3 Å². The van der Waals surface area contributed by atoms with Gasteiger partial charge in [-0.3, -0.25) is 4.90 Å². The highest BCUT2D eigenvalue weighted by Crippen LogP contribution is 2.23. The van der Waals surface area contributed by atoms with Crippen LogP contribution in [0, 0.1) is 18.3 Å². The largest absolute Gasteiger partial charge is 0.496 e. The fourth-order valence-corrected chi connectivity index (χ4v) is 3.67. The van der Waals surface area contributed by atoms with E-state index in [1.165, 1.54) is 5.56 Å². The molecule has 0 amide bonds. The van der Waals surface area contributed by atoms with Crippen LogP contribution in [0.15, 0.2) is 36.4 Å². The average Bonchev–Trinajstić information content (AvgIpc) is 2.69. The molecule has 0 aliphatic carbocycles. The van der Waals surface area contributed by atoms with Crippen LogP contribution in [0.2, 0.25) is 0 Å². The van der Waals surface area contributed by atoms with Gasteiger partial charge in [-0.15, -0.1) is 0 Å². The summed E-state index contributed by atoms with van der Waals surface area (Å²) in [5.74, 6) is 1.73. The number of aliphatic hydroxyl groups is 1. The van der Waals surface area contributed by atoms with Gasteiger partial charge in [0, 0.05) is 38.8 Å². The lowest BCUT2D eigenvalue weighted by atomic mass is 10.1. The number of aryl methyl sites for hydroxylation is 1. The fourth-order valence-electron chi connectivity index (χ4n) is 3.67. The highest BCUT2D eigenvalue weighted by molar-refractivity contribution is 5.42. The third kappa shape index (κ3) is 4.57. The smallest absolute Gasteiger partial charge is 0.142 e. The molecule has 0 saturated carbocycles. The zero-order chi connectivity index (χ0) is 19.2. The summed E-state index contributed by atoms with van der Waals surface area (Å²) in [6, 6.07) is 14.2. The molecule has 3 rings (SSSR count). The van der Waals surface area contributed by atoms with Gasteiger partial charge in [-0.2, -0.15) is 5.26 Å². The number of rotatable bonds is 6. The van der Waals surface area contributed by atoms with Crippen molar-refractivity contribution in [2.75, 3.05) is 38.3 Å². The zero-order valence-corrected chi connectivity index (χ0v) is 15.9. The lowest BCUT2D eigenvalue weighted by Gasteiger charge is -2.42. The predicted octanol–water partition coefficient (Wildman–Crippen LogP) is 2.34. The number of anilines is 1. The number of methoxy groups -OCH3 is 1. The van der Waals surface area contributed by atoms with Crippen LogP contribution in [0.25, 0.3) is 0 Å². The first kappa shape index (κ1) is 19.2. The number of aromatic nitrogens is 1. The number of ether oxygens (including phenoxy) is 1. The Morgan fingerprint density at radius 2 is 2.15 bits per heavy atom. The van der Waals surface area contributed by atoms with Gasteiger partial charge in [-0.25, -0.2) is 4.98 Å². The van der Waals surface area contributed by atoms with Crippen LogP contribution in [0.4, 0.5) is 5.82 Å². The number of nitriles is 1. The van der Waals surface area contributed by atoms with Gasteiger partial charge in [-0.05, 0) is 42.7 Å². The Kier molecular flexibility index (Phi) is 6.28. The van der Waals surface area contributed by atoms with Gasteiger partial charge in [-0.1, -0.05) is 18.2 Å². The molecule has 1 saturated heterocycles. The first-order valence-corrected chi connectivity index (χ1v) is 9.25. The minimum absolute atomic E-state index is 0.155. The zero-order valence-electron chi connectivity index (χ0n) is 15.9. The molecule has 6 heteroatoms. The van der Waals surface area contributed by atoms with E-state index in [1.807, 2.05) is 18.2 Å². The van der Waals surface area contributed by atoms with Gasteiger partial charge in [0.1, 0.15) is 23.3 Å². The highest BCUT2D eigenvalue weighted by Gasteiger charge is 2.27. The van der Waals surface area contributed by atoms with Crippen molar-refractivity contribution in [1.29, 1.82) is 5.26 Å². The van der Waals surface area contributed by atoms with Crippen LogP contribution < -0.4 is 9.64 Å². The van der Waals surface area contributed by atoms with Gasteiger partial charge >= 0.3 is 0 Å². The van der Waals surface area contributed by atoms with Crippen LogP contribution in [-0.2, 0) is 6.54 Å². The lowest BCUT2D eigenvalue weighted by Crippen LogP contribution is -2.53. The number of piperazine rings is 1. The number of hydrogen-bond donors (Lipinski definition) is 1. The van der Waals surface area contributed by atoms with Crippen molar-refractivity contribution in [2.24, 2.45) is 0 Å². The maximum Gasteiger partial charge on any atom is 0.142 e. The summed E-state index contributed by atoms with van der Waals surface area (Å²) in [7, 11) is 1.69. The van der Waals surface area contributed by atoms with Gasteiger partial charge in [0.05, 0.1) is 7.11 Å². The van der Waals surface area contributed by atoms with Gasteiger partial charge < -0.3 is 14.7 Å². The highest BCUT2D eigenvalue weighted by atomic mass is 16.5. The van der Waals surface area contributed by atoms with Gasteiger partial charge in [0.2, 0.25) is 0 Å². The molecule has 0 radical (unpaired) electrons. The minimum atomic E-state index is 0.155. The Labute approximate surface area is 160 Å². The molecule has 142 valence electrons. The second kappa shape index (κ2) is 8.85. The lowest BCUT2D eigenvalue weighted by molar-refractivity contribution is 0.135. The molecule has 1 aliphatic heterocycles. The molecule has 1 atom stereocenters. The summed E-state index contributed by atoms with van der Waals surface area (Å²) in [6.45, 7) is 5.57. The monoisotopic (exact) mass is 366 g/mol. The van der Waals surface area contributed by atoms with Gasteiger partial charge in [0.25, 0.3) is 0 Å². The van der Waals surface area contributed by atoms with Crippen molar-refractivity contribution in [3.8, 4) is 11.8 Å². The second-order valence-electron chi connectivity index (χ2n) is 6.88. The van der Waals surface area contributed by atoms with Crippen molar-refractivity contribution in [1.82, 2.24) is 9.88 Å². The first-order valence-electron chi connectivity index (χ1n) is 9.25. The van der Waals surface area contributed by atoms with E-state index in [-0.39, 0.29) is 12.6 Å². The molecule has 1 aromatic carbocycles. The molecule has 1 aliphatic rings. The third-order valence-electron chi connectivity index (χ3n) is 5.08. The van der Waals surface area contributed by atoms with Crippen LogP contribution in [0.5, 0.6) is 5.75 Å². The maximum absolute atomic E-state index is 9.53. The molecule has 1 unspecified atom stereocenters. The Morgan fingerprint density at radius 1 is 1.30 bits per heavy atom. The van der Waals surface area contributed by atoms with Crippen molar-refractivity contribution in [3.05, 3.63) is 53.2 Å². The molecule has 2 heterocycles. The van der Waals surface area contributed by atoms with E-state index in [2.05, 4.69) is 39.9 Å². The molecule has 27 heavy (non-hydrogen) atoms. The molecular formula is C21H26N4O2. The van der Waals surface area contributed by atoms with E-state index in [1.54, 1.807) is 13.2 Å². The van der Waals surface area contributed by atoms with E-state index in [4.69, 9.17) is 10.00 Å². The first-order chi connectivity index (χ1) is 13.1. The Hall–Kier alpha value is -2.62. The number of aliphatic hydroxyl groups excluding tert-OH is 1. The number of nitrogens with zero attached hydrogens (tertiary/aromatic N) is 4. The predicted molar refractivity (Wildman–Crippen MR) is 105 cm³/mol. The summed E-state index contributed by atoms with van der Waals surface area (Å²) in [5, 5.41) is 18.6. The standard InChI is InChI=1S/C21H26N4O2/c1-16-12-17(6-7-20(16)27-2)14-24-9-10-25(15-19(24)8-11-26)21-5-3-4-18(13-22)23-21/h3-7,12,19,26H,8-11,14-15H2,1-2H3. The van der Waals surface area contributed by atoms with Crippen LogP contribution >= 0.6 is 0 Å². The van der Waals surface area contributed by atoms with E-state index < -0.39 is 0 Å².